The van der Waals surface area contributed by atoms with E-state index in [2.05, 4.69) is 9.62 Å². The summed E-state index contributed by atoms with van der Waals surface area (Å²) in [5.74, 6) is 0. The average Bonchev–Trinajstić information content (AvgIpc) is 2.74. The van der Waals surface area contributed by atoms with Crippen molar-refractivity contribution in [2.45, 2.75) is 17.4 Å². The molecule has 1 heterocycles. The molecule has 19 heavy (non-hydrogen) atoms. The number of thiocarbonyl (C=S) groups is 1. The average molecular weight is 299 g/mol. The van der Waals surface area contributed by atoms with Crippen molar-refractivity contribution in [3.05, 3.63) is 29.8 Å². The minimum atomic E-state index is -3.59. The quantitative estimate of drug-likeness (QED) is 0.782. The fourth-order valence-corrected chi connectivity index (χ4v) is 3.94. The molecule has 1 aliphatic heterocycles. The molecule has 3 N–H and O–H groups in total. The topological polar surface area (TPSA) is 75.4 Å². The van der Waals surface area contributed by atoms with E-state index in [0.29, 0.717) is 12.1 Å². The van der Waals surface area contributed by atoms with Gasteiger partial charge in [0.1, 0.15) is 4.99 Å². The van der Waals surface area contributed by atoms with Crippen LogP contribution in [0.15, 0.2) is 29.2 Å². The third-order valence-electron chi connectivity index (χ3n) is 3.16. The monoisotopic (exact) mass is 299 g/mol. The van der Waals surface area contributed by atoms with Gasteiger partial charge in [0.05, 0.1) is 4.90 Å². The van der Waals surface area contributed by atoms with E-state index in [1.165, 1.54) is 6.07 Å². The highest BCUT2D eigenvalue weighted by Crippen LogP contribution is 2.17. The first-order valence-electron chi connectivity index (χ1n) is 6.00. The lowest BCUT2D eigenvalue weighted by Crippen LogP contribution is -2.37. The Hall–Kier alpha value is -1.02. The van der Waals surface area contributed by atoms with Crippen LogP contribution in [0.5, 0.6) is 0 Å². The highest BCUT2D eigenvalue weighted by Gasteiger charge is 2.27. The number of nitrogens with two attached hydrogens (primary N) is 1. The molecule has 1 aromatic rings. The zero-order chi connectivity index (χ0) is 14.0. The smallest absolute Gasteiger partial charge is 0.241 e. The van der Waals surface area contributed by atoms with Crippen molar-refractivity contribution in [2.75, 3.05) is 20.1 Å². The van der Waals surface area contributed by atoms with Crippen molar-refractivity contribution in [3.8, 4) is 0 Å². The summed E-state index contributed by atoms with van der Waals surface area (Å²) in [5.41, 5.74) is 5.96. The van der Waals surface area contributed by atoms with Crippen molar-refractivity contribution in [1.82, 2.24) is 9.62 Å². The molecular formula is C12H17N3O2S2. The summed E-state index contributed by atoms with van der Waals surface area (Å²) < 4.78 is 27.5. The van der Waals surface area contributed by atoms with Crippen molar-refractivity contribution in [3.63, 3.8) is 0 Å². The van der Waals surface area contributed by atoms with Crippen LogP contribution in [0.1, 0.15) is 12.0 Å². The van der Waals surface area contributed by atoms with Crippen LogP contribution in [-0.2, 0) is 10.0 Å². The Morgan fingerprint density at radius 1 is 1.47 bits per heavy atom. The molecular weight excluding hydrogens is 282 g/mol. The van der Waals surface area contributed by atoms with Gasteiger partial charge in [0.15, 0.2) is 0 Å². The van der Waals surface area contributed by atoms with Gasteiger partial charge in [-0.2, -0.15) is 0 Å². The molecule has 1 atom stereocenters. The zero-order valence-electron chi connectivity index (χ0n) is 10.7. The predicted octanol–water partition coefficient (Wildman–Crippen LogP) is 0.303. The first-order chi connectivity index (χ1) is 8.90. The van der Waals surface area contributed by atoms with Crippen molar-refractivity contribution < 1.29 is 8.42 Å². The largest absolute Gasteiger partial charge is 0.389 e. The van der Waals surface area contributed by atoms with E-state index in [-0.39, 0.29) is 15.9 Å². The first kappa shape index (κ1) is 14.4. The molecule has 0 bridgehead atoms. The molecule has 2 rings (SSSR count). The number of hydrogen-bond donors (Lipinski definition) is 2. The SMILES string of the molecule is CN1CCC(NS(=O)(=O)c2ccccc2C(N)=S)C1. The van der Waals surface area contributed by atoms with Crippen LogP contribution >= 0.6 is 12.2 Å². The number of rotatable bonds is 4. The van der Waals surface area contributed by atoms with Crippen LogP contribution in [0.2, 0.25) is 0 Å². The van der Waals surface area contributed by atoms with Gasteiger partial charge < -0.3 is 10.6 Å². The van der Waals surface area contributed by atoms with Gasteiger partial charge in [-0.25, -0.2) is 13.1 Å². The summed E-state index contributed by atoms with van der Waals surface area (Å²) in [7, 11) is -1.62. The van der Waals surface area contributed by atoms with E-state index in [0.717, 1.165) is 13.0 Å². The maximum atomic E-state index is 12.4. The second kappa shape index (κ2) is 5.54. The second-order valence-electron chi connectivity index (χ2n) is 4.73. The van der Waals surface area contributed by atoms with Crippen LogP contribution in [-0.4, -0.2) is 44.5 Å². The number of nitrogens with zero attached hydrogens (tertiary/aromatic N) is 1. The van der Waals surface area contributed by atoms with E-state index >= 15 is 0 Å². The van der Waals surface area contributed by atoms with E-state index in [9.17, 15) is 8.42 Å². The Balaban J connectivity index is 2.27. The van der Waals surface area contributed by atoms with E-state index in [4.69, 9.17) is 18.0 Å². The van der Waals surface area contributed by atoms with Crippen LogP contribution in [0.3, 0.4) is 0 Å². The highest BCUT2D eigenvalue weighted by molar-refractivity contribution is 7.89. The van der Waals surface area contributed by atoms with Crippen molar-refractivity contribution >= 4 is 27.2 Å². The highest BCUT2D eigenvalue weighted by atomic mass is 32.2. The minimum absolute atomic E-state index is 0.0607. The third kappa shape index (κ3) is 3.30. The van der Waals surface area contributed by atoms with Gasteiger partial charge in [-0.05, 0) is 26.1 Å². The Kier molecular flexibility index (Phi) is 4.19. The van der Waals surface area contributed by atoms with Crippen molar-refractivity contribution in [2.24, 2.45) is 5.73 Å². The normalized spacial score (nSPS) is 20.6. The molecule has 104 valence electrons. The van der Waals surface area contributed by atoms with Gasteiger partial charge in [-0.3, -0.25) is 0 Å². The summed E-state index contributed by atoms with van der Waals surface area (Å²) in [6, 6.07) is 6.47. The van der Waals surface area contributed by atoms with Gasteiger partial charge >= 0.3 is 0 Å². The number of likely N-dealkylation sites (N-methyl/N-ethyl adjacent to an activating group) is 1. The lowest BCUT2D eigenvalue weighted by molar-refractivity contribution is 0.407. The minimum Gasteiger partial charge on any atom is -0.389 e. The van der Waals surface area contributed by atoms with Gasteiger partial charge in [0, 0.05) is 18.2 Å². The Bertz CT molecular complexity index is 586. The molecule has 1 aliphatic rings. The first-order valence-corrected chi connectivity index (χ1v) is 7.89. The Morgan fingerprint density at radius 2 is 2.16 bits per heavy atom. The van der Waals surface area contributed by atoms with E-state index < -0.39 is 10.0 Å². The summed E-state index contributed by atoms with van der Waals surface area (Å²) in [6.45, 7) is 1.61. The van der Waals surface area contributed by atoms with Gasteiger partial charge in [-0.15, -0.1) is 0 Å². The molecule has 1 unspecified atom stereocenters. The summed E-state index contributed by atoms with van der Waals surface area (Å²) >= 11 is 4.90. The number of nitrogens with one attached hydrogen (secondary N) is 1. The molecule has 5 nitrogen and oxygen atoms in total. The Morgan fingerprint density at radius 3 is 2.74 bits per heavy atom. The molecule has 0 spiro atoms. The summed E-state index contributed by atoms with van der Waals surface area (Å²) in [4.78, 5) is 2.33. The predicted molar refractivity (Wildman–Crippen MR) is 78.6 cm³/mol. The van der Waals surface area contributed by atoms with Crippen molar-refractivity contribution in [1.29, 1.82) is 0 Å². The van der Waals surface area contributed by atoms with E-state index in [1.807, 2.05) is 7.05 Å². The lowest BCUT2D eigenvalue weighted by Gasteiger charge is -2.15. The van der Waals surface area contributed by atoms with Crippen LogP contribution in [0, 0.1) is 0 Å². The standard InChI is InChI=1S/C12H17N3O2S2/c1-15-7-6-9(8-15)14-19(16,17)11-5-3-2-4-10(11)12(13)18/h2-5,9,14H,6-8H2,1H3,(H2,13,18). The van der Waals surface area contributed by atoms with Gasteiger partial charge in [0.25, 0.3) is 0 Å². The van der Waals surface area contributed by atoms with Gasteiger partial charge in [-0.1, -0.05) is 30.4 Å². The lowest BCUT2D eigenvalue weighted by atomic mass is 10.2. The molecule has 0 saturated carbocycles. The molecule has 1 aromatic carbocycles. The molecule has 7 heteroatoms. The maximum Gasteiger partial charge on any atom is 0.241 e. The fraction of sp³-hybridized carbons (Fsp3) is 0.417. The number of likely N-dealkylation sites (tertiary alicyclic amines) is 1. The fourth-order valence-electron chi connectivity index (χ4n) is 2.22. The number of hydrogen-bond acceptors (Lipinski definition) is 4. The molecule has 0 aliphatic carbocycles. The molecule has 1 fully saturated rings. The van der Waals surface area contributed by atoms with E-state index in [1.54, 1.807) is 18.2 Å². The Labute approximate surface area is 118 Å². The summed E-state index contributed by atoms with van der Waals surface area (Å²) in [5, 5.41) is 0. The summed E-state index contributed by atoms with van der Waals surface area (Å²) in [6.07, 6.45) is 0.810. The molecule has 0 aromatic heterocycles. The van der Waals surface area contributed by atoms with Crippen LogP contribution in [0.25, 0.3) is 0 Å². The third-order valence-corrected chi connectivity index (χ3v) is 4.95. The number of sulfonamides is 1. The van der Waals surface area contributed by atoms with Crippen LogP contribution in [0.4, 0.5) is 0 Å². The molecule has 1 saturated heterocycles. The second-order valence-corrected chi connectivity index (χ2v) is 6.85. The molecule has 0 amide bonds. The van der Waals surface area contributed by atoms with Gasteiger partial charge in [0.2, 0.25) is 10.0 Å². The number of benzene rings is 1. The maximum absolute atomic E-state index is 12.4. The molecule has 0 radical (unpaired) electrons. The zero-order valence-corrected chi connectivity index (χ0v) is 12.3. The van der Waals surface area contributed by atoms with Crippen LogP contribution < -0.4 is 10.5 Å².